The molecule has 3 rings (SSSR count). The van der Waals surface area contributed by atoms with Gasteiger partial charge in [0, 0.05) is 44.9 Å². The zero-order valence-corrected chi connectivity index (χ0v) is 17.7. The van der Waals surface area contributed by atoms with E-state index < -0.39 is 0 Å². The number of aromatic amines is 1. The zero-order valence-electron chi connectivity index (χ0n) is 16.9. The molecule has 1 aromatic carbocycles. The Morgan fingerprint density at radius 3 is 2.62 bits per heavy atom. The van der Waals surface area contributed by atoms with E-state index >= 15 is 0 Å². The van der Waals surface area contributed by atoms with Crippen LogP contribution in [0.2, 0.25) is 0 Å². The van der Waals surface area contributed by atoms with Gasteiger partial charge in [-0.1, -0.05) is 30.3 Å². The van der Waals surface area contributed by atoms with Crippen LogP contribution in [0.1, 0.15) is 37.6 Å². The first-order valence-electron chi connectivity index (χ1n) is 10.3. The van der Waals surface area contributed by atoms with Gasteiger partial charge in [0.05, 0.1) is 0 Å². The van der Waals surface area contributed by atoms with Gasteiger partial charge in [0.2, 0.25) is 11.8 Å². The molecule has 2 amide bonds. The number of carbonyl (C=O) groups excluding carboxylic acids is 2. The maximum Gasteiger partial charge on any atom is 0.223 e. The first-order chi connectivity index (χ1) is 14.1. The summed E-state index contributed by atoms with van der Waals surface area (Å²) in [5, 5.41) is 10.0. The molecule has 1 aliphatic rings. The van der Waals surface area contributed by atoms with Gasteiger partial charge in [-0.3, -0.25) is 14.7 Å². The molecule has 1 aliphatic heterocycles. The van der Waals surface area contributed by atoms with Crippen LogP contribution >= 0.6 is 12.2 Å². The molecule has 0 saturated carbocycles. The van der Waals surface area contributed by atoms with Crippen molar-refractivity contribution in [3.05, 3.63) is 46.5 Å². The Labute approximate surface area is 176 Å². The maximum atomic E-state index is 12.5. The van der Waals surface area contributed by atoms with Crippen molar-refractivity contribution in [2.75, 3.05) is 19.6 Å². The summed E-state index contributed by atoms with van der Waals surface area (Å²) < 4.78 is 2.54. The molecule has 2 aromatic rings. The largest absolute Gasteiger partial charge is 0.355 e. The Balaban J connectivity index is 1.37. The fourth-order valence-electron chi connectivity index (χ4n) is 3.75. The summed E-state index contributed by atoms with van der Waals surface area (Å²) in [6.45, 7) is 4.62. The second-order valence-corrected chi connectivity index (χ2v) is 7.76. The molecule has 2 heterocycles. The molecule has 2 N–H and O–H groups in total. The Morgan fingerprint density at radius 1 is 1.21 bits per heavy atom. The Kier molecular flexibility index (Phi) is 7.57. The van der Waals surface area contributed by atoms with Crippen LogP contribution in [-0.2, 0) is 29.0 Å². The van der Waals surface area contributed by atoms with Crippen LogP contribution in [0.25, 0.3) is 0 Å². The summed E-state index contributed by atoms with van der Waals surface area (Å²) in [5.74, 6) is 1.07. The number of amides is 2. The SMILES string of the molecule is CCn1c(CCNC(=O)C2CCN(C(=O)CCc3ccccc3)CC2)n[nH]c1=S. The van der Waals surface area contributed by atoms with E-state index in [4.69, 9.17) is 12.2 Å². The van der Waals surface area contributed by atoms with Gasteiger partial charge in [0.1, 0.15) is 5.82 Å². The molecular weight excluding hydrogens is 386 g/mol. The smallest absolute Gasteiger partial charge is 0.223 e. The molecule has 29 heavy (non-hydrogen) atoms. The Morgan fingerprint density at radius 2 is 1.93 bits per heavy atom. The fraction of sp³-hybridized carbons (Fsp3) is 0.524. The van der Waals surface area contributed by atoms with Crippen LogP contribution < -0.4 is 5.32 Å². The molecule has 1 saturated heterocycles. The fourth-order valence-corrected chi connectivity index (χ4v) is 4.03. The number of hydrogen-bond donors (Lipinski definition) is 2. The van der Waals surface area contributed by atoms with Crippen molar-refractivity contribution in [3.63, 3.8) is 0 Å². The molecule has 156 valence electrons. The predicted molar refractivity (Wildman–Crippen MR) is 114 cm³/mol. The number of piperidine rings is 1. The lowest BCUT2D eigenvalue weighted by Crippen LogP contribution is -2.43. The van der Waals surface area contributed by atoms with E-state index in [1.165, 1.54) is 5.56 Å². The highest BCUT2D eigenvalue weighted by atomic mass is 32.1. The maximum absolute atomic E-state index is 12.5. The van der Waals surface area contributed by atoms with E-state index in [9.17, 15) is 9.59 Å². The van der Waals surface area contributed by atoms with Gasteiger partial charge >= 0.3 is 0 Å². The molecule has 1 aromatic heterocycles. The summed E-state index contributed by atoms with van der Waals surface area (Å²) >= 11 is 5.18. The van der Waals surface area contributed by atoms with Crippen molar-refractivity contribution < 1.29 is 9.59 Å². The number of H-pyrrole nitrogens is 1. The third kappa shape index (κ3) is 5.76. The lowest BCUT2D eigenvalue weighted by molar-refractivity contribution is -0.135. The van der Waals surface area contributed by atoms with Gasteiger partial charge < -0.3 is 14.8 Å². The first kappa shape index (κ1) is 21.2. The van der Waals surface area contributed by atoms with E-state index in [-0.39, 0.29) is 17.7 Å². The molecule has 0 bridgehead atoms. The van der Waals surface area contributed by atoms with Gasteiger partial charge in [-0.15, -0.1) is 0 Å². The zero-order chi connectivity index (χ0) is 20.6. The van der Waals surface area contributed by atoms with Crippen LogP contribution in [0, 0.1) is 10.7 Å². The number of rotatable bonds is 8. The lowest BCUT2D eigenvalue weighted by Gasteiger charge is -2.31. The van der Waals surface area contributed by atoms with Crippen molar-refractivity contribution in [2.24, 2.45) is 5.92 Å². The van der Waals surface area contributed by atoms with Crippen LogP contribution in [0.15, 0.2) is 30.3 Å². The summed E-state index contributed by atoms with van der Waals surface area (Å²) in [6.07, 6.45) is 3.36. The summed E-state index contributed by atoms with van der Waals surface area (Å²) in [4.78, 5) is 26.8. The third-order valence-corrected chi connectivity index (χ3v) is 5.80. The quantitative estimate of drug-likeness (QED) is 0.649. The van der Waals surface area contributed by atoms with Gasteiger partial charge in [-0.2, -0.15) is 5.10 Å². The summed E-state index contributed by atoms with van der Waals surface area (Å²) in [6, 6.07) is 10.1. The molecule has 1 fully saturated rings. The number of carbonyl (C=O) groups is 2. The molecule has 0 radical (unpaired) electrons. The number of nitrogens with one attached hydrogen (secondary N) is 2. The van der Waals surface area contributed by atoms with E-state index in [1.807, 2.05) is 46.7 Å². The van der Waals surface area contributed by atoms with Crippen LogP contribution in [0.3, 0.4) is 0 Å². The average molecular weight is 416 g/mol. The number of nitrogens with zero attached hydrogens (tertiary/aromatic N) is 3. The summed E-state index contributed by atoms with van der Waals surface area (Å²) in [7, 11) is 0. The second kappa shape index (κ2) is 10.3. The highest BCUT2D eigenvalue weighted by molar-refractivity contribution is 7.71. The van der Waals surface area contributed by atoms with Crippen molar-refractivity contribution in [1.29, 1.82) is 0 Å². The molecule has 0 atom stereocenters. The molecule has 0 spiro atoms. The van der Waals surface area contributed by atoms with Crippen molar-refractivity contribution >= 4 is 24.0 Å². The topological polar surface area (TPSA) is 83.0 Å². The van der Waals surface area contributed by atoms with Gasteiger partial charge in [0.25, 0.3) is 0 Å². The minimum atomic E-state index is -0.0276. The highest BCUT2D eigenvalue weighted by Crippen LogP contribution is 2.18. The highest BCUT2D eigenvalue weighted by Gasteiger charge is 2.27. The van der Waals surface area contributed by atoms with E-state index in [0.29, 0.717) is 37.2 Å². The molecule has 0 aliphatic carbocycles. The standard InChI is InChI=1S/C21H29N5O2S/c1-2-26-18(23-24-21(26)29)10-13-22-20(28)17-11-14-25(15-12-17)19(27)9-8-16-6-4-3-5-7-16/h3-7,17H,2,8-15H2,1H3,(H,22,28)(H,24,29). The Bertz CT molecular complexity index is 869. The minimum absolute atomic E-state index is 0.0276. The van der Waals surface area contributed by atoms with Crippen LogP contribution in [0.5, 0.6) is 0 Å². The van der Waals surface area contributed by atoms with Gasteiger partial charge in [0.15, 0.2) is 4.77 Å². The molecule has 7 nitrogen and oxygen atoms in total. The summed E-state index contributed by atoms with van der Waals surface area (Å²) in [5.41, 5.74) is 1.18. The normalized spacial score (nSPS) is 14.7. The number of aromatic nitrogens is 3. The molecule has 0 unspecified atom stereocenters. The monoisotopic (exact) mass is 415 g/mol. The molecular formula is C21H29N5O2S. The first-order valence-corrected chi connectivity index (χ1v) is 10.7. The van der Waals surface area contributed by atoms with Crippen LogP contribution in [0.4, 0.5) is 0 Å². The average Bonchev–Trinajstić information content (AvgIpc) is 3.12. The van der Waals surface area contributed by atoms with E-state index in [2.05, 4.69) is 15.5 Å². The third-order valence-electron chi connectivity index (χ3n) is 5.49. The minimum Gasteiger partial charge on any atom is -0.355 e. The van der Waals surface area contributed by atoms with Crippen LogP contribution in [-0.4, -0.2) is 51.1 Å². The van der Waals surface area contributed by atoms with Gasteiger partial charge in [-0.05, 0) is 44.0 Å². The van der Waals surface area contributed by atoms with E-state index in [0.717, 1.165) is 31.6 Å². The Hall–Kier alpha value is -2.48. The van der Waals surface area contributed by atoms with Gasteiger partial charge in [-0.25, -0.2) is 0 Å². The number of likely N-dealkylation sites (tertiary alicyclic amines) is 1. The van der Waals surface area contributed by atoms with Crippen molar-refractivity contribution in [3.8, 4) is 0 Å². The van der Waals surface area contributed by atoms with E-state index in [1.54, 1.807) is 0 Å². The number of benzene rings is 1. The number of aryl methyl sites for hydroxylation is 1. The second-order valence-electron chi connectivity index (χ2n) is 7.37. The lowest BCUT2D eigenvalue weighted by atomic mass is 9.95. The predicted octanol–water partition coefficient (Wildman–Crippen LogP) is 2.49. The van der Waals surface area contributed by atoms with Crippen molar-refractivity contribution in [1.82, 2.24) is 25.0 Å². The number of hydrogen-bond acceptors (Lipinski definition) is 4. The molecule has 8 heteroatoms. The van der Waals surface area contributed by atoms with Crippen molar-refractivity contribution in [2.45, 2.75) is 45.6 Å².